The minimum absolute atomic E-state index is 0.216. The zero-order valence-electron chi connectivity index (χ0n) is 25.3. The molecular formula is C31H46F3N3O5. The standard InChI is InChI=1S/C29H45N3O3.C2HF3O2/c1-19(31-35-27(34)32(17-16-30-4)21-6-5-7-21)24-10-11-25-23-9-8-20-18-22(33)12-14-28(20,2)26(23)13-15-29(24,25)3;3-2(4,5)1(6)7/h18,21,23-26,30H,5-17H2,1-4H3;(H,6,7)/b31-19+;/t23-,24+,25-,26-,28-,29+;/m0./s1. The molecule has 0 spiro atoms. The molecule has 11 heteroatoms. The van der Waals surface area contributed by atoms with E-state index in [1.165, 1.54) is 37.7 Å². The Labute approximate surface area is 246 Å². The second-order valence-corrected chi connectivity index (χ2v) is 13.4. The largest absolute Gasteiger partial charge is 0.490 e. The molecule has 5 rings (SSSR count). The summed E-state index contributed by atoms with van der Waals surface area (Å²) in [6.45, 7) is 8.45. The number of carboxylic acids is 1. The van der Waals surface area contributed by atoms with Crippen LogP contribution in [0.1, 0.15) is 91.4 Å². The lowest BCUT2D eigenvalue weighted by molar-refractivity contribution is -0.192. The second-order valence-electron chi connectivity index (χ2n) is 13.4. The number of nitrogens with zero attached hydrogens (tertiary/aromatic N) is 2. The molecule has 0 aromatic carbocycles. The number of hydrogen-bond donors (Lipinski definition) is 2. The van der Waals surface area contributed by atoms with Crippen LogP contribution in [-0.2, 0) is 14.4 Å². The van der Waals surface area contributed by atoms with Crippen molar-refractivity contribution in [1.82, 2.24) is 10.2 Å². The average Bonchev–Trinajstić information content (AvgIpc) is 3.26. The summed E-state index contributed by atoms with van der Waals surface area (Å²) in [5, 5.41) is 14.7. The number of carbonyl (C=O) groups excluding carboxylic acids is 2. The zero-order chi connectivity index (χ0) is 30.9. The first-order chi connectivity index (χ1) is 19.7. The van der Waals surface area contributed by atoms with E-state index in [9.17, 15) is 22.8 Å². The van der Waals surface area contributed by atoms with Gasteiger partial charge in [-0.3, -0.25) is 9.63 Å². The van der Waals surface area contributed by atoms with Gasteiger partial charge in [-0.05, 0) is 113 Å². The SMILES string of the molecule is CNCCN(C(=O)O/N=C(\C)[C@H]1CC[C@H]2[C@@H]3CCC4=CC(=O)CC[C@]4(C)[C@H]3CC[C@]12C)C1CCC1.O=C(O)C(F)(F)F. The first-order valence-electron chi connectivity index (χ1n) is 15.4. The van der Waals surface area contributed by atoms with Crippen molar-refractivity contribution in [3.8, 4) is 0 Å². The summed E-state index contributed by atoms with van der Waals surface area (Å²) in [6, 6.07) is 0.303. The highest BCUT2D eigenvalue weighted by Crippen LogP contribution is 2.66. The molecule has 4 fully saturated rings. The van der Waals surface area contributed by atoms with Crippen LogP contribution in [0.15, 0.2) is 16.8 Å². The minimum Gasteiger partial charge on any atom is -0.475 e. The van der Waals surface area contributed by atoms with E-state index in [0.29, 0.717) is 36.1 Å². The van der Waals surface area contributed by atoms with Gasteiger partial charge >= 0.3 is 18.2 Å². The molecule has 8 nitrogen and oxygen atoms in total. The van der Waals surface area contributed by atoms with Gasteiger partial charge in [0, 0.05) is 31.5 Å². The van der Waals surface area contributed by atoms with Crippen molar-refractivity contribution in [1.29, 1.82) is 0 Å². The molecule has 5 aliphatic rings. The van der Waals surface area contributed by atoms with Gasteiger partial charge in [-0.1, -0.05) is 24.6 Å². The van der Waals surface area contributed by atoms with Crippen LogP contribution in [0, 0.1) is 34.5 Å². The predicted octanol–water partition coefficient (Wildman–Crippen LogP) is 6.35. The van der Waals surface area contributed by atoms with Crippen LogP contribution in [-0.4, -0.2) is 65.9 Å². The number of carboxylic acid groups (broad SMARTS) is 1. The van der Waals surface area contributed by atoms with Gasteiger partial charge in [-0.2, -0.15) is 13.2 Å². The van der Waals surface area contributed by atoms with Crippen molar-refractivity contribution in [3.05, 3.63) is 11.6 Å². The van der Waals surface area contributed by atoms with Crippen molar-refractivity contribution in [2.24, 2.45) is 39.7 Å². The van der Waals surface area contributed by atoms with E-state index in [4.69, 9.17) is 14.7 Å². The number of oxime groups is 1. The van der Waals surface area contributed by atoms with E-state index in [1.54, 1.807) is 0 Å². The number of nitrogens with one attached hydrogen (secondary N) is 1. The maximum Gasteiger partial charge on any atom is 0.490 e. The monoisotopic (exact) mass is 597 g/mol. The zero-order valence-corrected chi connectivity index (χ0v) is 25.3. The normalized spacial score (nSPS) is 34.5. The molecule has 0 aliphatic heterocycles. The fraction of sp³-hybridized carbons (Fsp3) is 0.806. The van der Waals surface area contributed by atoms with Gasteiger partial charge in [0.15, 0.2) is 5.78 Å². The Morgan fingerprint density at radius 3 is 2.38 bits per heavy atom. The molecule has 5 aliphatic carbocycles. The Morgan fingerprint density at radius 2 is 1.79 bits per heavy atom. The number of fused-ring (bicyclic) bond motifs is 5. The highest BCUT2D eigenvalue weighted by Gasteiger charge is 2.59. The molecule has 4 saturated carbocycles. The van der Waals surface area contributed by atoms with Crippen LogP contribution in [0.25, 0.3) is 0 Å². The number of rotatable bonds is 6. The Balaban J connectivity index is 0.000000517. The van der Waals surface area contributed by atoms with Crippen LogP contribution in [0.2, 0.25) is 0 Å². The van der Waals surface area contributed by atoms with Crippen LogP contribution >= 0.6 is 0 Å². The third-order valence-electron chi connectivity index (χ3n) is 11.3. The molecule has 236 valence electrons. The van der Waals surface area contributed by atoms with Crippen molar-refractivity contribution < 1.29 is 37.5 Å². The number of alkyl halides is 3. The second kappa shape index (κ2) is 12.7. The third-order valence-corrected chi connectivity index (χ3v) is 11.3. The molecule has 0 unspecified atom stereocenters. The maximum absolute atomic E-state index is 12.9. The van der Waals surface area contributed by atoms with Crippen LogP contribution in [0.4, 0.5) is 18.0 Å². The van der Waals surface area contributed by atoms with E-state index in [2.05, 4.69) is 31.2 Å². The van der Waals surface area contributed by atoms with Crippen LogP contribution in [0.3, 0.4) is 0 Å². The number of allylic oxidation sites excluding steroid dienone is 1. The van der Waals surface area contributed by atoms with Crippen LogP contribution < -0.4 is 5.32 Å². The summed E-state index contributed by atoms with van der Waals surface area (Å²) in [4.78, 5) is 41.3. The average molecular weight is 598 g/mol. The first kappa shape index (κ1) is 32.5. The lowest BCUT2D eigenvalue weighted by atomic mass is 9.46. The van der Waals surface area contributed by atoms with E-state index >= 15 is 0 Å². The number of likely N-dealkylation sites (N-methyl/N-ethyl adjacent to an activating group) is 1. The van der Waals surface area contributed by atoms with Gasteiger partial charge in [0.2, 0.25) is 0 Å². The predicted molar refractivity (Wildman–Crippen MR) is 152 cm³/mol. The summed E-state index contributed by atoms with van der Waals surface area (Å²) in [6.07, 6.45) is 8.84. The van der Waals surface area contributed by atoms with Crippen LogP contribution in [0.5, 0.6) is 0 Å². The quantitative estimate of drug-likeness (QED) is 0.210. The number of ketones is 1. The molecular weight excluding hydrogens is 551 g/mol. The highest BCUT2D eigenvalue weighted by atomic mass is 19.4. The Kier molecular flexibility index (Phi) is 9.79. The van der Waals surface area contributed by atoms with Gasteiger partial charge in [-0.15, -0.1) is 0 Å². The van der Waals surface area contributed by atoms with E-state index < -0.39 is 12.1 Å². The summed E-state index contributed by atoms with van der Waals surface area (Å²) in [5.74, 6) is 0.0950. The van der Waals surface area contributed by atoms with Gasteiger partial charge in [0.05, 0.1) is 5.71 Å². The molecule has 6 atom stereocenters. The maximum atomic E-state index is 12.9. The summed E-state index contributed by atoms with van der Waals surface area (Å²) < 4.78 is 31.7. The van der Waals surface area contributed by atoms with Crippen molar-refractivity contribution in [3.63, 3.8) is 0 Å². The number of amides is 1. The number of hydrogen-bond acceptors (Lipinski definition) is 6. The van der Waals surface area contributed by atoms with E-state index in [1.807, 2.05) is 18.0 Å². The minimum atomic E-state index is -5.08. The summed E-state index contributed by atoms with van der Waals surface area (Å²) in [7, 11) is 1.91. The lowest BCUT2D eigenvalue weighted by Gasteiger charge is -2.58. The molecule has 1 amide bonds. The molecule has 0 heterocycles. The van der Waals surface area contributed by atoms with Crippen molar-refractivity contribution >= 4 is 23.6 Å². The number of aliphatic carboxylic acids is 1. The molecule has 0 bridgehead atoms. The molecule has 2 N–H and O–H groups in total. The first-order valence-corrected chi connectivity index (χ1v) is 15.4. The summed E-state index contributed by atoms with van der Waals surface area (Å²) in [5.41, 5.74) is 2.87. The molecule has 0 aromatic heterocycles. The van der Waals surface area contributed by atoms with Crippen molar-refractivity contribution in [2.45, 2.75) is 104 Å². The lowest BCUT2D eigenvalue weighted by Crippen LogP contribution is -2.51. The topological polar surface area (TPSA) is 108 Å². The smallest absolute Gasteiger partial charge is 0.475 e. The van der Waals surface area contributed by atoms with Gasteiger partial charge in [-0.25, -0.2) is 9.59 Å². The molecule has 42 heavy (non-hydrogen) atoms. The Bertz CT molecular complexity index is 1100. The van der Waals surface area contributed by atoms with Gasteiger partial charge in [0.25, 0.3) is 0 Å². The third kappa shape index (κ3) is 6.40. The van der Waals surface area contributed by atoms with E-state index in [0.717, 1.165) is 56.7 Å². The molecule has 0 saturated heterocycles. The summed E-state index contributed by atoms with van der Waals surface area (Å²) >= 11 is 0. The Morgan fingerprint density at radius 1 is 1.10 bits per heavy atom. The van der Waals surface area contributed by atoms with Crippen molar-refractivity contribution in [2.75, 3.05) is 20.1 Å². The van der Waals surface area contributed by atoms with Gasteiger partial charge < -0.3 is 15.3 Å². The number of halogens is 3. The van der Waals surface area contributed by atoms with E-state index in [-0.39, 0.29) is 16.9 Å². The Hall–Kier alpha value is -2.43. The fourth-order valence-electron chi connectivity index (χ4n) is 8.83. The molecule has 0 aromatic rings. The number of carbonyl (C=O) groups is 3. The van der Waals surface area contributed by atoms with Gasteiger partial charge in [0.1, 0.15) is 0 Å². The highest BCUT2D eigenvalue weighted by molar-refractivity contribution is 5.91. The molecule has 0 radical (unpaired) electrons. The fourth-order valence-corrected chi connectivity index (χ4v) is 8.83.